The summed E-state index contributed by atoms with van der Waals surface area (Å²) in [5.41, 5.74) is 1.07. The van der Waals surface area contributed by atoms with Gasteiger partial charge in [-0.05, 0) is 0 Å². The van der Waals surface area contributed by atoms with Crippen LogP contribution in [-0.2, 0) is 0 Å². The Morgan fingerprint density at radius 3 is 1.12 bits per heavy atom. The van der Waals surface area contributed by atoms with Gasteiger partial charge in [0.2, 0.25) is 0 Å². The Bertz CT molecular complexity index is 281. The van der Waals surface area contributed by atoms with Crippen LogP contribution in [0.25, 0.3) is 0 Å². The zero-order valence-corrected chi connectivity index (χ0v) is 18.5. The van der Waals surface area contributed by atoms with Gasteiger partial charge in [-0.15, -0.1) is 12.1 Å². The standard InChI is InChI=1S/C14H30.C7H7.ClH.Mg.H3N/c1-3-5-7-9-11-13-14-12-10-8-6-4-2;1-7-5-3-2-4-6-7;;;/h3-14H2,1-2H3;2-6H,1H2;1H;;1H3/q;-1;;+2;/p-1. The third-order valence-electron chi connectivity index (χ3n) is 3.80. The summed E-state index contributed by atoms with van der Waals surface area (Å²) in [6, 6.07) is 9.87. The molecule has 0 aliphatic rings. The fourth-order valence-electron chi connectivity index (χ4n) is 2.39. The Morgan fingerprint density at radius 1 is 0.625 bits per heavy atom. The van der Waals surface area contributed by atoms with Gasteiger partial charge < -0.3 is 18.6 Å². The van der Waals surface area contributed by atoms with Gasteiger partial charge in [0.15, 0.2) is 0 Å². The minimum atomic E-state index is 0. The molecular formula is C21H40ClMgN. The summed E-state index contributed by atoms with van der Waals surface area (Å²) in [6.07, 6.45) is 17.4. The monoisotopic (exact) mass is 365 g/mol. The van der Waals surface area contributed by atoms with Crippen LogP contribution >= 0.6 is 0 Å². The third kappa shape index (κ3) is 27.0. The van der Waals surface area contributed by atoms with Crippen molar-refractivity contribution in [2.45, 2.75) is 90.9 Å². The molecule has 138 valence electrons. The molecule has 0 aromatic heterocycles. The third-order valence-corrected chi connectivity index (χ3v) is 3.80. The Labute approximate surface area is 174 Å². The Balaban J connectivity index is -0.000000171. The van der Waals surface area contributed by atoms with Crippen molar-refractivity contribution in [3.63, 3.8) is 0 Å². The van der Waals surface area contributed by atoms with E-state index >= 15 is 0 Å². The summed E-state index contributed by atoms with van der Waals surface area (Å²) in [6.45, 7) is 8.29. The molecule has 0 radical (unpaired) electrons. The number of hydrogen-bond donors (Lipinski definition) is 1. The maximum atomic E-state index is 3.72. The van der Waals surface area contributed by atoms with E-state index in [9.17, 15) is 0 Å². The molecule has 0 unspecified atom stereocenters. The van der Waals surface area contributed by atoms with Crippen LogP contribution < -0.4 is 18.6 Å². The van der Waals surface area contributed by atoms with E-state index in [0.29, 0.717) is 0 Å². The smallest absolute Gasteiger partial charge is 1.00 e. The van der Waals surface area contributed by atoms with Crippen molar-refractivity contribution in [1.29, 1.82) is 0 Å². The summed E-state index contributed by atoms with van der Waals surface area (Å²) in [5.74, 6) is 0. The Morgan fingerprint density at radius 2 is 0.917 bits per heavy atom. The molecule has 3 heteroatoms. The van der Waals surface area contributed by atoms with Crippen LogP contribution in [0.3, 0.4) is 0 Å². The molecule has 0 fully saturated rings. The van der Waals surface area contributed by atoms with Crippen molar-refractivity contribution in [2.24, 2.45) is 0 Å². The number of benzene rings is 1. The SMILES string of the molecule is CCCCCCCCCCCCCC.N.[CH2-]c1ccccc1.[Cl-].[Mg+2]. The molecule has 1 nitrogen and oxygen atoms in total. The van der Waals surface area contributed by atoms with Gasteiger partial charge in [0.25, 0.3) is 0 Å². The maximum absolute atomic E-state index is 3.72. The van der Waals surface area contributed by atoms with Gasteiger partial charge in [0, 0.05) is 0 Å². The van der Waals surface area contributed by atoms with E-state index in [4.69, 9.17) is 0 Å². The van der Waals surface area contributed by atoms with E-state index in [2.05, 4.69) is 20.8 Å². The second kappa shape index (κ2) is 27.9. The van der Waals surface area contributed by atoms with Crippen molar-refractivity contribution >= 4 is 23.1 Å². The largest absolute Gasteiger partial charge is 2.00 e. The van der Waals surface area contributed by atoms with Crippen molar-refractivity contribution in [1.82, 2.24) is 6.15 Å². The first-order chi connectivity index (χ1) is 10.3. The molecule has 3 N–H and O–H groups in total. The number of hydrogen-bond acceptors (Lipinski definition) is 1. The van der Waals surface area contributed by atoms with Crippen LogP contribution in [-0.4, -0.2) is 23.1 Å². The summed E-state index contributed by atoms with van der Waals surface area (Å²) in [5, 5.41) is 0. The molecule has 1 aromatic rings. The predicted molar refractivity (Wildman–Crippen MR) is 108 cm³/mol. The molecule has 0 aliphatic heterocycles. The molecule has 1 rings (SSSR count). The summed E-state index contributed by atoms with van der Waals surface area (Å²) >= 11 is 0. The normalized spacial score (nSPS) is 8.75. The van der Waals surface area contributed by atoms with E-state index in [-0.39, 0.29) is 41.6 Å². The van der Waals surface area contributed by atoms with Crippen LogP contribution in [0.2, 0.25) is 0 Å². The summed E-state index contributed by atoms with van der Waals surface area (Å²) in [4.78, 5) is 0. The van der Waals surface area contributed by atoms with Crippen molar-refractivity contribution in [2.75, 3.05) is 0 Å². The minimum Gasteiger partial charge on any atom is -1.00 e. The molecule has 24 heavy (non-hydrogen) atoms. The molecule has 0 spiro atoms. The van der Waals surface area contributed by atoms with Crippen LogP contribution in [0, 0.1) is 6.92 Å². The van der Waals surface area contributed by atoms with Crippen molar-refractivity contribution < 1.29 is 12.4 Å². The number of halogens is 1. The molecule has 0 aliphatic carbocycles. The van der Waals surface area contributed by atoms with E-state index in [1.807, 2.05) is 30.3 Å². The van der Waals surface area contributed by atoms with E-state index < -0.39 is 0 Å². The van der Waals surface area contributed by atoms with Gasteiger partial charge >= 0.3 is 23.1 Å². The summed E-state index contributed by atoms with van der Waals surface area (Å²) < 4.78 is 0. The zero-order chi connectivity index (χ0) is 15.6. The molecule has 0 amide bonds. The van der Waals surface area contributed by atoms with Gasteiger partial charge in [-0.3, -0.25) is 0 Å². The van der Waals surface area contributed by atoms with Gasteiger partial charge in [0.05, 0.1) is 0 Å². The molecule has 0 heterocycles. The van der Waals surface area contributed by atoms with Crippen LogP contribution in [0.5, 0.6) is 0 Å². The number of unbranched alkanes of at least 4 members (excludes halogenated alkanes) is 11. The first kappa shape index (κ1) is 31.8. The molecule has 1 aromatic carbocycles. The van der Waals surface area contributed by atoms with Crippen molar-refractivity contribution in [3.8, 4) is 0 Å². The van der Waals surface area contributed by atoms with Crippen LogP contribution in [0.1, 0.15) is 96.5 Å². The first-order valence-corrected chi connectivity index (χ1v) is 9.18. The van der Waals surface area contributed by atoms with E-state index in [0.717, 1.165) is 5.56 Å². The average molecular weight is 366 g/mol. The van der Waals surface area contributed by atoms with E-state index in [1.54, 1.807) is 0 Å². The second-order valence-electron chi connectivity index (χ2n) is 6.02. The van der Waals surface area contributed by atoms with Gasteiger partial charge in [-0.2, -0.15) is 24.6 Å². The molecule has 0 atom stereocenters. The second-order valence-corrected chi connectivity index (χ2v) is 6.02. The molecule has 0 bridgehead atoms. The van der Waals surface area contributed by atoms with Crippen molar-refractivity contribution in [3.05, 3.63) is 42.8 Å². The fourth-order valence-corrected chi connectivity index (χ4v) is 2.39. The van der Waals surface area contributed by atoms with Gasteiger partial charge in [0.1, 0.15) is 0 Å². The van der Waals surface area contributed by atoms with Gasteiger partial charge in [-0.1, -0.05) is 97.0 Å². The zero-order valence-electron chi connectivity index (χ0n) is 16.4. The topological polar surface area (TPSA) is 35.0 Å². The Hall–Kier alpha value is 0.106. The minimum absolute atomic E-state index is 0. The Kier molecular flexibility index (Phi) is 37.1. The molecule has 0 saturated heterocycles. The first-order valence-electron chi connectivity index (χ1n) is 9.18. The molecule has 0 saturated carbocycles. The van der Waals surface area contributed by atoms with Crippen LogP contribution in [0.4, 0.5) is 0 Å². The quantitative estimate of drug-likeness (QED) is 0.352. The summed E-state index contributed by atoms with van der Waals surface area (Å²) in [7, 11) is 0. The average Bonchev–Trinajstić information content (AvgIpc) is 2.51. The van der Waals surface area contributed by atoms with Gasteiger partial charge in [-0.25, -0.2) is 0 Å². The predicted octanol–water partition coefficient (Wildman–Crippen LogP) is 4.36. The van der Waals surface area contributed by atoms with E-state index in [1.165, 1.54) is 77.0 Å². The maximum Gasteiger partial charge on any atom is 2.00 e. The molecular weight excluding hydrogens is 326 g/mol. The number of rotatable bonds is 11. The fraction of sp³-hybridized carbons (Fsp3) is 0.667. The van der Waals surface area contributed by atoms with Crippen LogP contribution in [0.15, 0.2) is 30.3 Å².